The Labute approximate surface area is 116 Å². The topological polar surface area (TPSA) is 47.3 Å². The van der Waals surface area contributed by atoms with Crippen LogP contribution >= 0.6 is 28.1 Å². The van der Waals surface area contributed by atoms with Crippen molar-refractivity contribution in [2.24, 2.45) is 5.73 Å². The van der Waals surface area contributed by atoms with E-state index in [0.29, 0.717) is 11.6 Å². The summed E-state index contributed by atoms with van der Waals surface area (Å²) in [6.07, 6.45) is 0. The molecule has 0 spiro atoms. The van der Waals surface area contributed by atoms with Gasteiger partial charge >= 0.3 is 0 Å². The Morgan fingerprint density at radius 3 is 2.82 bits per heavy atom. The number of thiocarbonyl (C=S) groups is 1. The molecule has 94 valence electrons. The highest BCUT2D eigenvalue weighted by molar-refractivity contribution is 9.10. The maximum absolute atomic E-state index is 5.59. The van der Waals surface area contributed by atoms with Crippen LogP contribution in [0.15, 0.2) is 22.7 Å². The first-order valence-corrected chi connectivity index (χ1v) is 6.68. The summed E-state index contributed by atoms with van der Waals surface area (Å²) in [5.74, 6) is 0. The number of nitrogens with one attached hydrogen (secondary N) is 1. The lowest BCUT2D eigenvalue weighted by atomic mass is 10.2. The van der Waals surface area contributed by atoms with Crippen LogP contribution in [0.1, 0.15) is 19.4 Å². The molecule has 1 aromatic carbocycles. The zero-order valence-electron chi connectivity index (χ0n) is 10.00. The minimum absolute atomic E-state index is 0.262. The van der Waals surface area contributed by atoms with Gasteiger partial charge in [-0.1, -0.05) is 12.2 Å². The molecule has 1 unspecified atom stereocenters. The number of rotatable bonds is 6. The fourth-order valence-electron chi connectivity index (χ4n) is 1.43. The van der Waals surface area contributed by atoms with E-state index in [4.69, 9.17) is 22.7 Å². The molecule has 0 aliphatic carbocycles. The Kier molecular flexibility index (Phi) is 5.88. The summed E-state index contributed by atoms with van der Waals surface area (Å²) in [7, 11) is 0. The SMILES string of the molecule is CCOCC(C)Nc1ccc(C(N)=S)c(Br)c1. The smallest absolute Gasteiger partial charge is 0.105 e. The molecule has 1 atom stereocenters. The molecule has 0 bridgehead atoms. The minimum Gasteiger partial charge on any atom is -0.389 e. The van der Waals surface area contributed by atoms with Gasteiger partial charge in [0, 0.05) is 28.4 Å². The van der Waals surface area contributed by atoms with Crippen molar-refractivity contribution < 1.29 is 4.74 Å². The first-order chi connectivity index (χ1) is 8.04. The first-order valence-electron chi connectivity index (χ1n) is 5.48. The van der Waals surface area contributed by atoms with Crippen LogP contribution in [0, 0.1) is 0 Å². The number of hydrogen-bond donors (Lipinski definition) is 2. The predicted molar refractivity (Wildman–Crippen MR) is 79.6 cm³/mol. The summed E-state index contributed by atoms with van der Waals surface area (Å²) in [6, 6.07) is 6.10. The summed E-state index contributed by atoms with van der Waals surface area (Å²) in [5, 5.41) is 3.34. The third-order valence-corrected chi connectivity index (χ3v) is 3.10. The summed E-state index contributed by atoms with van der Waals surface area (Å²) < 4.78 is 6.25. The molecule has 0 aromatic heterocycles. The molecule has 1 rings (SSSR count). The van der Waals surface area contributed by atoms with Crippen molar-refractivity contribution >= 4 is 38.8 Å². The van der Waals surface area contributed by atoms with Gasteiger partial charge in [-0.05, 0) is 48.0 Å². The molecule has 0 aliphatic rings. The monoisotopic (exact) mass is 316 g/mol. The molecule has 0 amide bonds. The van der Waals surface area contributed by atoms with Crippen LogP contribution in [0.5, 0.6) is 0 Å². The molecule has 3 nitrogen and oxygen atoms in total. The lowest BCUT2D eigenvalue weighted by Gasteiger charge is -2.15. The standard InChI is InChI=1S/C12H17BrN2OS/c1-3-16-7-8(2)15-9-4-5-10(12(14)17)11(13)6-9/h4-6,8,15H,3,7H2,1-2H3,(H2,14,17). The number of ether oxygens (including phenoxy) is 1. The fraction of sp³-hybridized carbons (Fsp3) is 0.417. The molecule has 0 radical (unpaired) electrons. The Morgan fingerprint density at radius 1 is 1.59 bits per heavy atom. The number of nitrogens with two attached hydrogens (primary N) is 1. The normalized spacial score (nSPS) is 12.2. The number of hydrogen-bond acceptors (Lipinski definition) is 3. The summed E-state index contributed by atoms with van der Waals surface area (Å²) in [5.41, 5.74) is 7.46. The Balaban J connectivity index is 2.67. The molecule has 0 heterocycles. The van der Waals surface area contributed by atoms with Gasteiger partial charge in [0.1, 0.15) is 4.99 Å². The molecule has 0 saturated heterocycles. The second kappa shape index (κ2) is 6.93. The molecule has 3 N–H and O–H groups in total. The summed E-state index contributed by atoms with van der Waals surface area (Å²) in [4.78, 5) is 0.394. The highest BCUT2D eigenvalue weighted by Crippen LogP contribution is 2.22. The zero-order valence-corrected chi connectivity index (χ0v) is 12.4. The Morgan fingerprint density at radius 2 is 2.29 bits per heavy atom. The molecule has 0 aliphatic heterocycles. The highest BCUT2D eigenvalue weighted by Gasteiger charge is 2.06. The molecular weight excluding hydrogens is 300 g/mol. The van der Waals surface area contributed by atoms with Gasteiger partial charge in [-0.3, -0.25) is 0 Å². The van der Waals surface area contributed by atoms with Crippen LogP contribution in [0.4, 0.5) is 5.69 Å². The van der Waals surface area contributed by atoms with E-state index in [9.17, 15) is 0 Å². The van der Waals surface area contributed by atoms with E-state index in [-0.39, 0.29) is 6.04 Å². The van der Waals surface area contributed by atoms with Crippen molar-refractivity contribution in [3.63, 3.8) is 0 Å². The lowest BCUT2D eigenvalue weighted by molar-refractivity contribution is 0.141. The molecule has 5 heteroatoms. The van der Waals surface area contributed by atoms with Gasteiger partial charge in [-0.2, -0.15) is 0 Å². The van der Waals surface area contributed by atoms with Crippen molar-refractivity contribution in [2.75, 3.05) is 18.5 Å². The quantitative estimate of drug-likeness (QED) is 0.792. The van der Waals surface area contributed by atoms with Gasteiger partial charge in [-0.15, -0.1) is 0 Å². The molecule has 0 saturated carbocycles. The van der Waals surface area contributed by atoms with Gasteiger partial charge in [0.25, 0.3) is 0 Å². The van der Waals surface area contributed by atoms with E-state index in [2.05, 4.69) is 28.2 Å². The fourth-order valence-corrected chi connectivity index (χ4v) is 2.33. The molecular formula is C12H17BrN2OS. The van der Waals surface area contributed by atoms with Gasteiger partial charge in [0.05, 0.1) is 6.61 Å². The average molecular weight is 317 g/mol. The zero-order chi connectivity index (χ0) is 12.8. The first kappa shape index (κ1) is 14.4. The van der Waals surface area contributed by atoms with Crippen LogP contribution < -0.4 is 11.1 Å². The Hall–Kier alpha value is -0.650. The van der Waals surface area contributed by atoms with Gasteiger partial charge in [-0.25, -0.2) is 0 Å². The second-order valence-electron chi connectivity index (χ2n) is 3.76. The lowest BCUT2D eigenvalue weighted by Crippen LogP contribution is -2.21. The maximum Gasteiger partial charge on any atom is 0.105 e. The van der Waals surface area contributed by atoms with Crippen molar-refractivity contribution in [3.05, 3.63) is 28.2 Å². The molecule has 1 aromatic rings. The minimum atomic E-state index is 0.262. The number of anilines is 1. The van der Waals surface area contributed by atoms with Crippen molar-refractivity contribution in [1.29, 1.82) is 0 Å². The van der Waals surface area contributed by atoms with Gasteiger partial charge in [0.15, 0.2) is 0 Å². The van der Waals surface area contributed by atoms with E-state index >= 15 is 0 Å². The maximum atomic E-state index is 5.59. The van der Waals surface area contributed by atoms with E-state index in [1.165, 1.54) is 0 Å². The van der Waals surface area contributed by atoms with Crippen LogP contribution in [-0.2, 0) is 4.74 Å². The highest BCUT2D eigenvalue weighted by atomic mass is 79.9. The summed E-state index contributed by atoms with van der Waals surface area (Å²) in [6.45, 7) is 5.48. The van der Waals surface area contributed by atoms with E-state index in [1.807, 2.05) is 25.1 Å². The van der Waals surface area contributed by atoms with Crippen molar-refractivity contribution in [3.8, 4) is 0 Å². The van der Waals surface area contributed by atoms with Crippen LogP contribution in [-0.4, -0.2) is 24.2 Å². The van der Waals surface area contributed by atoms with Crippen LogP contribution in [0.25, 0.3) is 0 Å². The largest absolute Gasteiger partial charge is 0.389 e. The summed E-state index contributed by atoms with van der Waals surface area (Å²) >= 11 is 8.40. The van der Waals surface area contributed by atoms with Crippen LogP contribution in [0.3, 0.4) is 0 Å². The van der Waals surface area contributed by atoms with E-state index in [1.54, 1.807) is 0 Å². The molecule has 17 heavy (non-hydrogen) atoms. The van der Waals surface area contributed by atoms with Gasteiger partial charge < -0.3 is 15.8 Å². The number of benzene rings is 1. The third-order valence-electron chi connectivity index (χ3n) is 2.22. The van der Waals surface area contributed by atoms with Crippen molar-refractivity contribution in [1.82, 2.24) is 0 Å². The van der Waals surface area contributed by atoms with E-state index in [0.717, 1.165) is 22.3 Å². The molecule has 0 fully saturated rings. The third kappa shape index (κ3) is 4.61. The second-order valence-corrected chi connectivity index (χ2v) is 5.06. The average Bonchev–Trinajstić information content (AvgIpc) is 2.26. The Bertz CT molecular complexity index is 398. The van der Waals surface area contributed by atoms with E-state index < -0.39 is 0 Å². The number of halogens is 1. The van der Waals surface area contributed by atoms with Crippen LogP contribution in [0.2, 0.25) is 0 Å². The van der Waals surface area contributed by atoms with Gasteiger partial charge in [0.2, 0.25) is 0 Å². The van der Waals surface area contributed by atoms with Crippen molar-refractivity contribution in [2.45, 2.75) is 19.9 Å². The predicted octanol–water partition coefficient (Wildman–Crippen LogP) is 2.92.